The maximum Gasteiger partial charge on any atom is 0.233 e. The Balaban J connectivity index is 1.48. The first-order chi connectivity index (χ1) is 15.1. The van der Waals surface area contributed by atoms with Crippen LogP contribution in [0.15, 0.2) is 64.4 Å². The standard InChI is InChI=1S/C22H22N4O2S3/c1-16-23-24-22(26(16)17-7-9-18(28-2)10-8-17)31-15-21(27)25(13-19-5-3-11-29-19)14-20-6-4-12-30-20/h3-12H,13-15H2,1-2H3. The van der Waals surface area contributed by atoms with Crippen molar-refractivity contribution in [3.8, 4) is 11.4 Å². The third-order valence-electron chi connectivity index (χ3n) is 4.66. The molecule has 4 rings (SSSR count). The van der Waals surface area contributed by atoms with Crippen LogP contribution in [0.4, 0.5) is 0 Å². The van der Waals surface area contributed by atoms with E-state index in [1.54, 1.807) is 29.8 Å². The predicted molar refractivity (Wildman–Crippen MR) is 126 cm³/mol. The van der Waals surface area contributed by atoms with Crippen LogP contribution >= 0.6 is 34.4 Å². The Labute approximate surface area is 193 Å². The zero-order chi connectivity index (χ0) is 21.6. The van der Waals surface area contributed by atoms with Crippen LogP contribution in [0.5, 0.6) is 5.75 Å². The monoisotopic (exact) mass is 470 g/mol. The van der Waals surface area contributed by atoms with Crippen molar-refractivity contribution in [3.63, 3.8) is 0 Å². The van der Waals surface area contributed by atoms with Gasteiger partial charge in [-0.25, -0.2) is 0 Å². The fourth-order valence-electron chi connectivity index (χ4n) is 3.10. The average Bonchev–Trinajstić information content (AvgIpc) is 3.55. The first-order valence-corrected chi connectivity index (χ1v) is 12.4. The van der Waals surface area contributed by atoms with Gasteiger partial charge in [0.05, 0.1) is 26.0 Å². The summed E-state index contributed by atoms with van der Waals surface area (Å²) in [6, 6.07) is 15.9. The minimum atomic E-state index is 0.0775. The molecule has 1 aromatic carbocycles. The highest BCUT2D eigenvalue weighted by Gasteiger charge is 2.19. The van der Waals surface area contributed by atoms with Gasteiger partial charge in [-0.3, -0.25) is 9.36 Å². The molecule has 0 aliphatic rings. The lowest BCUT2D eigenvalue weighted by Crippen LogP contribution is -2.31. The number of aryl methyl sites for hydroxylation is 1. The molecule has 6 nitrogen and oxygen atoms in total. The van der Waals surface area contributed by atoms with Gasteiger partial charge in [-0.05, 0) is 54.1 Å². The fraction of sp³-hybridized carbons (Fsp3) is 0.227. The Morgan fingerprint density at radius 2 is 1.68 bits per heavy atom. The van der Waals surface area contributed by atoms with E-state index in [1.807, 2.05) is 63.5 Å². The molecule has 0 fully saturated rings. The number of rotatable bonds is 9. The molecule has 160 valence electrons. The second kappa shape index (κ2) is 10.1. The Morgan fingerprint density at radius 3 is 2.23 bits per heavy atom. The summed E-state index contributed by atoms with van der Waals surface area (Å²) < 4.78 is 7.20. The van der Waals surface area contributed by atoms with Crippen LogP contribution in [0.3, 0.4) is 0 Å². The third kappa shape index (κ3) is 5.36. The number of hydrogen-bond donors (Lipinski definition) is 0. The first-order valence-electron chi connectivity index (χ1n) is 9.66. The van der Waals surface area contributed by atoms with E-state index in [4.69, 9.17) is 4.74 Å². The lowest BCUT2D eigenvalue weighted by atomic mass is 10.3. The average molecular weight is 471 g/mol. The molecule has 31 heavy (non-hydrogen) atoms. The van der Waals surface area contributed by atoms with Crippen molar-refractivity contribution in [1.29, 1.82) is 0 Å². The molecular weight excluding hydrogens is 448 g/mol. The highest BCUT2D eigenvalue weighted by atomic mass is 32.2. The molecule has 4 aromatic rings. The van der Waals surface area contributed by atoms with Crippen LogP contribution in [0.1, 0.15) is 15.6 Å². The van der Waals surface area contributed by atoms with E-state index < -0.39 is 0 Å². The molecule has 0 aliphatic carbocycles. The lowest BCUT2D eigenvalue weighted by molar-refractivity contribution is -0.129. The van der Waals surface area contributed by atoms with Gasteiger partial charge in [0, 0.05) is 15.4 Å². The van der Waals surface area contributed by atoms with Crippen molar-refractivity contribution in [3.05, 3.63) is 74.9 Å². The van der Waals surface area contributed by atoms with Gasteiger partial charge in [0.25, 0.3) is 0 Å². The molecule has 9 heteroatoms. The summed E-state index contributed by atoms with van der Waals surface area (Å²) in [5.41, 5.74) is 0.937. The molecule has 0 radical (unpaired) electrons. The van der Waals surface area contributed by atoms with Crippen LogP contribution in [-0.2, 0) is 17.9 Å². The van der Waals surface area contributed by atoms with Gasteiger partial charge < -0.3 is 9.64 Å². The summed E-state index contributed by atoms with van der Waals surface area (Å²) in [4.78, 5) is 17.4. The number of aromatic nitrogens is 3. The Morgan fingerprint density at radius 1 is 1.03 bits per heavy atom. The summed E-state index contributed by atoms with van der Waals surface area (Å²) in [7, 11) is 1.64. The van der Waals surface area contributed by atoms with Gasteiger partial charge in [-0.15, -0.1) is 32.9 Å². The Kier molecular flexibility index (Phi) is 7.06. The number of ether oxygens (including phenoxy) is 1. The molecule has 3 aromatic heterocycles. The van der Waals surface area contributed by atoms with Crippen molar-refractivity contribution in [2.45, 2.75) is 25.2 Å². The van der Waals surface area contributed by atoms with Crippen LogP contribution in [0.25, 0.3) is 5.69 Å². The number of thioether (sulfide) groups is 1. The molecule has 1 amide bonds. The molecule has 0 N–H and O–H groups in total. The predicted octanol–water partition coefficient (Wildman–Crippen LogP) is 5.03. The zero-order valence-electron chi connectivity index (χ0n) is 17.2. The zero-order valence-corrected chi connectivity index (χ0v) is 19.7. The number of benzene rings is 1. The molecule has 3 heterocycles. The van der Waals surface area contributed by atoms with Crippen molar-refractivity contribution >= 4 is 40.3 Å². The first kappa shape index (κ1) is 21.6. The van der Waals surface area contributed by atoms with E-state index >= 15 is 0 Å². The quantitative estimate of drug-likeness (QED) is 0.321. The van der Waals surface area contributed by atoms with Crippen LogP contribution in [-0.4, -0.2) is 38.4 Å². The van der Waals surface area contributed by atoms with E-state index in [9.17, 15) is 4.79 Å². The third-order valence-corrected chi connectivity index (χ3v) is 7.29. The maximum atomic E-state index is 13.1. The molecule has 0 unspecified atom stereocenters. The Hall–Kier alpha value is -2.62. The molecule has 0 aliphatic heterocycles. The number of amides is 1. The summed E-state index contributed by atoms with van der Waals surface area (Å²) in [6.07, 6.45) is 0. The highest BCUT2D eigenvalue weighted by molar-refractivity contribution is 7.99. The van der Waals surface area contributed by atoms with Crippen molar-refractivity contribution < 1.29 is 9.53 Å². The van der Waals surface area contributed by atoms with Crippen molar-refractivity contribution in [2.24, 2.45) is 0 Å². The summed E-state index contributed by atoms with van der Waals surface area (Å²) in [5, 5.41) is 13.3. The maximum absolute atomic E-state index is 13.1. The van der Waals surface area contributed by atoms with Crippen LogP contribution in [0.2, 0.25) is 0 Å². The van der Waals surface area contributed by atoms with E-state index in [0.717, 1.165) is 17.3 Å². The van der Waals surface area contributed by atoms with E-state index in [0.29, 0.717) is 24.0 Å². The minimum absolute atomic E-state index is 0.0775. The molecule has 0 bridgehead atoms. The molecule has 0 spiro atoms. The lowest BCUT2D eigenvalue weighted by Gasteiger charge is -2.21. The van der Waals surface area contributed by atoms with Gasteiger partial charge in [0.1, 0.15) is 11.6 Å². The van der Waals surface area contributed by atoms with Crippen molar-refractivity contribution in [2.75, 3.05) is 12.9 Å². The van der Waals surface area contributed by atoms with Gasteiger partial charge >= 0.3 is 0 Å². The van der Waals surface area contributed by atoms with E-state index in [2.05, 4.69) is 22.3 Å². The number of thiophene rings is 2. The fourth-order valence-corrected chi connectivity index (χ4v) is 5.44. The second-order valence-corrected chi connectivity index (χ2v) is 9.77. The topological polar surface area (TPSA) is 60.2 Å². The SMILES string of the molecule is COc1ccc(-n2c(C)nnc2SCC(=O)N(Cc2cccs2)Cc2cccs2)cc1. The van der Waals surface area contributed by atoms with Crippen LogP contribution in [0, 0.1) is 6.92 Å². The molecule has 0 saturated carbocycles. The summed E-state index contributed by atoms with van der Waals surface area (Å²) in [6.45, 7) is 3.13. The largest absolute Gasteiger partial charge is 0.497 e. The van der Waals surface area contributed by atoms with Gasteiger partial charge in [0.2, 0.25) is 5.91 Å². The molecule has 0 atom stereocenters. The molecule has 0 saturated heterocycles. The van der Waals surface area contributed by atoms with Gasteiger partial charge in [-0.1, -0.05) is 23.9 Å². The number of carbonyl (C=O) groups is 1. The van der Waals surface area contributed by atoms with E-state index in [1.165, 1.54) is 21.5 Å². The molecular formula is C22H22N4O2S3. The number of nitrogens with zero attached hydrogens (tertiary/aromatic N) is 4. The second-order valence-electron chi connectivity index (χ2n) is 6.76. The van der Waals surface area contributed by atoms with E-state index in [-0.39, 0.29) is 5.91 Å². The normalized spacial score (nSPS) is 10.9. The summed E-state index contributed by atoms with van der Waals surface area (Å²) >= 11 is 4.74. The van der Waals surface area contributed by atoms with Crippen molar-refractivity contribution in [1.82, 2.24) is 19.7 Å². The van der Waals surface area contributed by atoms with Crippen LogP contribution < -0.4 is 4.74 Å². The smallest absolute Gasteiger partial charge is 0.233 e. The number of carbonyl (C=O) groups excluding carboxylic acids is 1. The van der Waals surface area contributed by atoms with Gasteiger partial charge in [-0.2, -0.15) is 0 Å². The summed E-state index contributed by atoms with van der Waals surface area (Å²) in [5.74, 6) is 1.94. The number of hydrogen-bond acceptors (Lipinski definition) is 7. The minimum Gasteiger partial charge on any atom is -0.497 e. The number of methoxy groups -OCH3 is 1. The van der Waals surface area contributed by atoms with Gasteiger partial charge in [0.15, 0.2) is 5.16 Å². The highest BCUT2D eigenvalue weighted by Crippen LogP contribution is 2.25. The Bertz CT molecular complexity index is 1070.